The highest BCUT2D eigenvalue weighted by Gasteiger charge is 2.38. The number of rotatable bonds is 1. The fourth-order valence-electron chi connectivity index (χ4n) is 2.64. The molecule has 0 aliphatic carbocycles. The highest BCUT2D eigenvalue weighted by molar-refractivity contribution is 6.32. The second-order valence-electron chi connectivity index (χ2n) is 4.50. The van der Waals surface area contributed by atoms with Crippen LogP contribution in [0.1, 0.15) is 10.4 Å². The smallest absolute Gasteiger partial charge is 0.258 e. The van der Waals surface area contributed by atoms with Crippen LogP contribution in [0.25, 0.3) is 0 Å². The van der Waals surface area contributed by atoms with Crippen LogP contribution in [0.3, 0.4) is 0 Å². The molecule has 0 aromatic carbocycles. The first-order valence-corrected chi connectivity index (χ1v) is 5.86. The molecule has 2 fully saturated rings. The molecule has 1 aromatic rings. The van der Waals surface area contributed by atoms with Gasteiger partial charge in [-0.25, -0.2) is 0 Å². The average Bonchev–Trinajstić information content (AvgIpc) is 2.89. The molecule has 16 heavy (non-hydrogen) atoms. The quantitative estimate of drug-likeness (QED) is 0.803. The number of nitrogens with zero attached hydrogens (tertiary/aromatic N) is 1. The van der Waals surface area contributed by atoms with Crippen LogP contribution in [0.15, 0.2) is 16.7 Å². The summed E-state index contributed by atoms with van der Waals surface area (Å²) in [7, 11) is 0. The third-order valence-electron chi connectivity index (χ3n) is 3.53. The number of hydrogen-bond donors (Lipinski definition) is 1. The summed E-state index contributed by atoms with van der Waals surface area (Å²) in [4.78, 5) is 14.0. The third-order valence-corrected chi connectivity index (χ3v) is 3.82. The Balaban J connectivity index is 1.75. The molecule has 1 N–H and O–H groups in total. The Morgan fingerprint density at radius 3 is 2.69 bits per heavy atom. The number of carbonyl (C=O) groups is 1. The van der Waals surface area contributed by atoms with E-state index in [0.717, 1.165) is 26.2 Å². The van der Waals surface area contributed by atoms with Gasteiger partial charge in [0.05, 0.1) is 11.8 Å². The number of nitrogens with one attached hydrogen (secondary N) is 1. The first-order chi connectivity index (χ1) is 7.75. The molecule has 3 heterocycles. The Morgan fingerprint density at radius 1 is 1.44 bits per heavy atom. The zero-order valence-corrected chi connectivity index (χ0v) is 9.54. The maximum Gasteiger partial charge on any atom is 0.258 e. The molecule has 2 atom stereocenters. The molecule has 0 saturated carbocycles. The molecule has 2 aliphatic rings. The van der Waals surface area contributed by atoms with E-state index in [1.165, 1.54) is 6.26 Å². The molecular formula is C11H13ClN2O2. The van der Waals surface area contributed by atoms with Gasteiger partial charge in [0.15, 0.2) is 0 Å². The number of likely N-dealkylation sites (tertiary alicyclic amines) is 1. The Labute approximate surface area is 98.5 Å². The summed E-state index contributed by atoms with van der Waals surface area (Å²) in [5.74, 6) is 1.21. The van der Waals surface area contributed by atoms with Gasteiger partial charge in [0.2, 0.25) is 5.22 Å². The Kier molecular flexibility index (Phi) is 2.41. The van der Waals surface area contributed by atoms with E-state index < -0.39 is 0 Å². The van der Waals surface area contributed by atoms with E-state index in [1.807, 2.05) is 4.90 Å². The summed E-state index contributed by atoms with van der Waals surface area (Å²) in [6, 6.07) is 1.64. The van der Waals surface area contributed by atoms with Crippen LogP contribution in [-0.4, -0.2) is 37.0 Å². The van der Waals surface area contributed by atoms with Gasteiger partial charge in [0.1, 0.15) is 0 Å². The maximum absolute atomic E-state index is 12.1. The van der Waals surface area contributed by atoms with Crippen LogP contribution in [0.5, 0.6) is 0 Å². The minimum Gasteiger partial charge on any atom is -0.452 e. The Bertz CT molecular complexity index is 406. The molecule has 4 nitrogen and oxygen atoms in total. The zero-order chi connectivity index (χ0) is 11.1. The van der Waals surface area contributed by atoms with Crippen molar-refractivity contribution in [1.82, 2.24) is 10.2 Å². The van der Waals surface area contributed by atoms with Crippen molar-refractivity contribution in [3.05, 3.63) is 23.1 Å². The van der Waals surface area contributed by atoms with Crippen molar-refractivity contribution in [1.29, 1.82) is 0 Å². The van der Waals surface area contributed by atoms with Gasteiger partial charge in [-0.05, 0) is 29.5 Å². The molecule has 0 spiro atoms. The molecule has 1 amide bonds. The van der Waals surface area contributed by atoms with Crippen LogP contribution < -0.4 is 5.32 Å². The number of carbonyl (C=O) groups excluding carboxylic acids is 1. The van der Waals surface area contributed by atoms with E-state index in [0.29, 0.717) is 17.4 Å². The second-order valence-corrected chi connectivity index (χ2v) is 4.84. The molecule has 1 aromatic heterocycles. The minimum atomic E-state index is -0.00634. The molecular weight excluding hydrogens is 228 g/mol. The van der Waals surface area contributed by atoms with Crippen molar-refractivity contribution >= 4 is 17.5 Å². The first-order valence-electron chi connectivity index (χ1n) is 5.48. The van der Waals surface area contributed by atoms with Crippen molar-refractivity contribution in [2.24, 2.45) is 11.8 Å². The molecule has 2 unspecified atom stereocenters. The third kappa shape index (κ3) is 1.53. The van der Waals surface area contributed by atoms with Crippen molar-refractivity contribution in [3.63, 3.8) is 0 Å². The summed E-state index contributed by atoms with van der Waals surface area (Å²) in [6.45, 7) is 3.71. The lowest BCUT2D eigenvalue weighted by molar-refractivity contribution is 0.0781. The summed E-state index contributed by atoms with van der Waals surface area (Å²) >= 11 is 5.81. The standard InChI is InChI=1S/C11H13ClN2O2/c12-10-9(1-2-16-10)11(15)14-5-7-3-13-4-8(7)6-14/h1-2,7-8,13H,3-6H2. The normalized spacial score (nSPS) is 28.4. The average molecular weight is 241 g/mol. The number of hydrogen-bond acceptors (Lipinski definition) is 3. The van der Waals surface area contributed by atoms with Crippen molar-refractivity contribution < 1.29 is 9.21 Å². The van der Waals surface area contributed by atoms with E-state index in [1.54, 1.807) is 6.07 Å². The number of amides is 1. The van der Waals surface area contributed by atoms with Gasteiger partial charge in [0.25, 0.3) is 5.91 Å². The van der Waals surface area contributed by atoms with Crippen LogP contribution in [0.2, 0.25) is 5.22 Å². The van der Waals surface area contributed by atoms with Crippen molar-refractivity contribution in [2.75, 3.05) is 26.2 Å². The van der Waals surface area contributed by atoms with Gasteiger partial charge in [-0.1, -0.05) is 0 Å². The highest BCUT2D eigenvalue weighted by Crippen LogP contribution is 2.28. The predicted molar refractivity (Wildman–Crippen MR) is 59.5 cm³/mol. The van der Waals surface area contributed by atoms with Gasteiger partial charge in [-0.3, -0.25) is 4.79 Å². The summed E-state index contributed by atoms with van der Waals surface area (Å²) in [5, 5.41) is 3.54. The summed E-state index contributed by atoms with van der Waals surface area (Å²) < 4.78 is 4.94. The molecule has 2 saturated heterocycles. The topological polar surface area (TPSA) is 45.5 Å². The van der Waals surface area contributed by atoms with Crippen LogP contribution in [0.4, 0.5) is 0 Å². The highest BCUT2D eigenvalue weighted by atomic mass is 35.5. The lowest BCUT2D eigenvalue weighted by Gasteiger charge is -2.16. The molecule has 0 radical (unpaired) electrons. The fourth-order valence-corrected chi connectivity index (χ4v) is 2.83. The summed E-state index contributed by atoms with van der Waals surface area (Å²) in [5.41, 5.74) is 0.481. The lowest BCUT2D eigenvalue weighted by atomic mass is 10.0. The molecule has 3 rings (SSSR count). The fraction of sp³-hybridized carbons (Fsp3) is 0.545. The monoisotopic (exact) mass is 240 g/mol. The number of furan rings is 1. The van der Waals surface area contributed by atoms with Gasteiger partial charge in [0, 0.05) is 26.2 Å². The molecule has 0 bridgehead atoms. The summed E-state index contributed by atoms with van der Waals surface area (Å²) in [6.07, 6.45) is 1.45. The molecule has 2 aliphatic heterocycles. The first kappa shape index (κ1) is 10.2. The Hall–Kier alpha value is -1.00. The van der Waals surface area contributed by atoms with Crippen molar-refractivity contribution in [2.45, 2.75) is 0 Å². The van der Waals surface area contributed by atoms with E-state index >= 15 is 0 Å². The molecule has 86 valence electrons. The maximum atomic E-state index is 12.1. The predicted octanol–water partition coefficient (Wildman–Crippen LogP) is 1.22. The minimum absolute atomic E-state index is 0.00634. The van der Waals surface area contributed by atoms with E-state index in [9.17, 15) is 4.79 Å². The van der Waals surface area contributed by atoms with Crippen LogP contribution in [-0.2, 0) is 0 Å². The number of fused-ring (bicyclic) bond motifs is 1. The zero-order valence-electron chi connectivity index (χ0n) is 8.78. The largest absolute Gasteiger partial charge is 0.452 e. The molecule has 5 heteroatoms. The van der Waals surface area contributed by atoms with Crippen LogP contribution in [0, 0.1) is 11.8 Å². The van der Waals surface area contributed by atoms with Gasteiger partial charge < -0.3 is 14.6 Å². The Morgan fingerprint density at radius 2 is 2.12 bits per heavy atom. The van der Waals surface area contributed by atoms with Crippen LogP contribution >= 0.6 is 11.6 Å². The number of halogens is 1. The SMILES string of the molecule is O=C(c1ccoc1Cl)N1CC2CNCC2C1. The van der Waals surface area contributed by atoms with E-state index in [4.69, 9.17) is 16.0 Å². The van der Waals surface area contributed by atoms with Crippen molar-refractivity contribution in [3.8, 4) is 0 Å². The van der Waals surface area contributed by atoms with Gasteiger partial charge in [-0.2, -0.15) is 0 Å². The van der Waals surface area contributed by atoms with E-state index in [2.05, 4.69) is 5.32 Å². The van der Waals surface area contributed by atoms with Gasteiger partial charge in [-0.15, -0.1) is 0 Å². The lowest BCUT2D eigenvalue weighted by Crippen LogP contribution is -2.31. The second kappa shape index (κ2) is 3.79. The van der Waals surface area contributed by atoms with Gasteiger partial charge >= 0.3 is 0 Å². The van der Waals surface area contributed by atoms with E-state index in [-0.39, 0.29) is 11.1 Å².